The summed E-state index contributed by atoms with van der Waals surface area (Å²) in [6.45, 7) is 6.59. The van der Waals surface area contributed by atoms with Crippen molar-refractivity contribution >= 4 is 0 Å². The third kappa shape index (κ3) is 2.03. The Balaban J connectivity index is 1.90. The molecular formula is C10H18O3. The Kier molecular flexibility index (Phi) is 2.58. The molecule has 3 heteroatoms. The van der Waals surface area contributed by atoms with Crippen molar-refractivity contribution in [1.29, 1.82) is 0 Å². The summed E-state index contributed by atoms with van der Waals surface area (Å²) in [5.74, 6) is 0.449. The summed E-state index contributed by atoms with van der Waals surface area (Å²) < 4.78 is 16.9. The first-order valence-corrected chi connectivity index (χ1v) is 5.12. The lowest BCUT2D eigenvalue weighted by atomic mass is 10.0. The average Bonchev–Trinajstić information content (AvgIpc) is 2.16. The number of rotatable bonds is 0. The minimum absolute atomic E-state index is 0.494. The van der Waals surface area contributed by atoms with Gasteiger partial charge in [0, 0.05) is 12.3 Å². The summed E-state index contributed by atoms with van der Waals surface area (Å²) in [5.41, 5.74) is 0. The number of hydrogen-bond acceptors (Lipinski definition) is 3. The second kappa shape index (κ2) is 3.56. The van der Waals surface area contributed by atoms with Gasteiger partial charge in [-0.15, -0.1) is 0 Å². The van der Waals surface area contributed by atoms with Crippen LogP contribution in [0, 0.1) is 11.8 Å². The minimum Gasteiger partial charge on any atom is -0.327 e. The van der Waals surface area contributed by atoms with Gasteiger partial charge in [0.15, 0.2) is 0 Å². The van der Waals surface area contributed by atoms with Crippen molar-refractivity contribution in [3.05, 3.63) is 0 Å². The maximum Gasteiger partial charge on any atom is 0.282 e. The van der Waals surface area contributed by atoms with Gasteiger partial charge in [-0.2, -0.15) is 0 Å². The molecule has 2 aliphatic heterocycles. The summed E-state index contributed by atoms with van der Waals surface area (Å²) in [6.07, 6.45) is 2.01. The van der Waals surface area contributed by atoms with Crippen molar-refractivity contribution in [3.63, 3.8) is 0 Å². The van der Waals surface area contributed by atoms with Crippen LogP contribution < -0.4 is 0 Å². The van der Waals surface area contributed by atoms with Gasteiger partial charge in [0.25, 0.3) is 5.97 Å². The van der Waals surface area contributed by atoms with E-state index >= 15 is 0 Å². The molecule has 0 saturated carbocycles. The lowest BCUT2D eigenvalue weighted by molar-refractivity contribution is -0.422. The Bertz CT molecular complexity index is 141. The zero-order valence-electron chi connectivity index (χ0n) is 8.41. The second-order valence-corrected chi connectivity index (χ2v) is 4.37. The molecule has 0 aromatic carbocycles. The Morgan fingerprint density at radius 2 is 1.46 bits per heavy atom. The molecule has 0 aromatic heterocycles. The van der Waals surface area contributed by atoms with E-state index in [1.165, 1.54) is 0 Å². The predicted molar refractivity (Wildman–Crippen MR) is 48.1 cm³/mol. The van der Waals surface area contributed by atoms with E-state index in [1.54, 1.807) is 0 Å². The Labute approximate surface area is 79.4 Å². The van der Waals surface area contributed by atoms with Gasteiger partial charge in [0.2, 0.25) is 0 Å². The van der Waals surface area contributed by atoms with Crippen LogP contribution in [-0.2, 0) is 14.2 Å². The van der Waals surface area contributed by atoms with Crippen LogP contribution >= 0.6 is 0 Å². The zero-order chi connectivity index (χ0) is 9.31. The molecule has 1 atom stereocenters. The van der Waals surface area contributed by atoms with Crippen molar-refractivity contribution in [2.24, 2.45) is 11.8 Å². The quantitative estimate of drug-likeness (QED) is 0.577. The van der Waals surface area contributed by atoms with E-state index in [9.17, 15) is 0 Å². The number of hydrogen-bond donors (Lipinski definition) is 0. The first-order valence-electron chi connectivity index (χ1n) is 5.12. The van der Waals surface area contributed by atoms with Crippen molar-refractivity contribution in [2.45, 2.75) is 32.7 Å². The van der Waals surface area contributed by atoms with Crippen LogP contribution in [0.1, 0.15) is 26.7 Å². The standard InChI is InChI=1S/C10H18O3/c1-8-3-4-10(11-5-8)12-6-9(2)7-13-10/h8-9H,3-7H2,1-2H3. The highest BCUT2D eigenvalue weighted by molar-refractivity contribution is 4.72. The van der Waals surface area contributed by atoms with Crippen molar-refractivity contribution in [1.82, 2.24) is 0 Å². The lowest BCUT2D eigenvalue weighted by Gasteiger charge is -2.42. The first kappa shape index (κ1) is 9.44. The average molecular weight is 186 g/mol. The van der Waals surface area contributed by atoms with Gasteiger partial charge in [-0.1, -0.05) is 13.8 Å². The van der Waals surface area contributed by atoms with E-state index in [-0.39, 0.29) is 0 Å². The maximum absolute atomic E-state index is 5.62. The van der Waals surface area contributed by atoms with Crippen LogP contribution in [0.3, 0.4) is 0 Å². The summed E-state index contributed by atoms with van der Waals surface area (Å²) in [5, 5.41) is 0. The maximum atomic E-state index is 5.62. The molecule has 2 fully saturated rings. The summed E-state index contributed by atoms with van der Waals surface area (Å²) >= 11 is 0. The normalized spacial score (nSPS) is 46.6. The van der Waals surface area contributed by atoms with Gasteiger partial charge in [-0.3, -0.25) is 0 Å². The summed E-state index contributed by atoms with van der Waals surface area (Å²) in [6, 6.07) is 0. The molecule has 3 nitrogen and oxygen atoms in total. The SMILES string of the molecule is CC1CCC2(OC1)OCC(C)CO2. The second-order valence-electron chi connectivity index (χ2n) is 4.37. The molecule has 0 aliphatic carbocycles. The summed E-state index contributed by atoms with van der Waals surface area (Å²) in [7, 11) is 0. The van der Waals surface area contributed by atoms with E-state index in [2.05, 4.69) is 13.8 Å². The van der Waals surface area contributed by atoms with E-state index in [4.69, 9.17) is 14.2 Å². The molecule has 0 bridgehead atoms. The molecule has 1 unspecified atom stereocenters. The van der Waals surface area contributed by atoms with Crippen LogP contribution in [0.15, 0.2) is 0 Å². The van der Waals surface area contributed by atoms with Gasteiger partial charge in [0.1, 0.15) is 0 Å². The smallest absolute Gasteiger partial charge is 0.282 e. The molecule has 0 amide bonds. The zero-order valence-corrected chi connectivity index (χ0v) is 8.41. The topological polar surface area (TPSA) is 27.7 Å². The molecule has 2 rings (SSSR count). The molecule has 76 valence electrons. The molecule has 0 N–H and O–H groups in total. The highest BCUT2D eigenvalue weighted by atomic mass is 16.9. The monoisotopic (exact) mass is 186 g/mol. The molecular weight excluding hydrogens is 168 g/mol. The van der Waals surface area contributed by atoms with Gasteiger partial charge < -0.3 is 14.2 Å². The molecule has 2 aliphatic rings. The van der Waals surface area contributed by atoms with Gasteiger partial charge in [-0.25, -0.2) is 0 Å². The molecule has 2 heterocycles. The Morgan fingerprint density at radius 1 is 0.923 bits per heavy atom. The molecule has 13 heavy (non-hydrogen) atoms. The van der Waals surface area contributed by atoms with Crippen molar-refractivity contribution < 1.29 is 14.2 Å². The van der Waals surface area contributed by atoms with Crippen LogP contribution in [0.2, 0.25) is 0 Å². The highest BCUT2D eigenvalue weighted by Crippen LogP contribution is 2.33. The first-order chi connectivity index (χ1) is 6.20. The minimum atomic E-state index is -0.682. The fourth-order valence-electron chi connectivity index (χ4n) is 1.70. The Morgan fingerprint density at radius 3 is 1.92 bits per heavy atom. The predicted octanol–water partition coefficient (Wildman–Crippen LogP) is 1.77. The highest BCUT2D eigenvalue weighted by Gasteiger charge is 2.40. The van der Waals surface area contributed by atoms with Gasteiger partial charge in [-0.05, 0) is 12.3 Å². The summed E-state index contributed by atoms with van der Waals surface area (Å²) in [4.78, 5) is 0. The van der Waals surface area contributed by atoms with Crippen LogP contribution in [0.4, 0.5) is 0 Å². The van der Waals surface area contributed by atoms with E-state index in [0.29, 0.717) is 11.8 Å². The van der Waals surface area contributed by atoms with E-state index < -0.39 is 5.97 Å². The molecule has 0 radical (unpaired) electrons. The third-order valence-corrected chi connectivity index (χ3v) is 2.71. The largest absolute Gasteiger partial charge is 0.327 e. The van der Waals surface area contributed by atoms with Crippen LogP contribution in [-0.4, -0.2) is 25.8 Å². The fraction of sp³-hybridized carbons (Fsp3) is 1.00. The van der Waals surface area contributed by atoms with Gasteiger partial charge >= 0.3 is 0 Å². The van der Waals surface area contributed by atoms with Crippen molar-refractivity contribution in [3.8, 4) is 0 Å². The van der Waals surface area contributed by atoms with Crippen LogP contribution in [0.5, 0.6) is 0 Å². The Hall–Kier alpha value is -0.120. The van der Waals surface area contributed by atoms with E-state index in [0.717, 1.165) is 32.7 Å². The number of ether oxygens (including phenoxy) is 3. The van der Waals surface area contributed by atoms with Crippen molar-refractivity contribution in [2.75, 3.05) is 19.8 Å². The molecule has 2 saturated heterocycles. The fourth-order valence-corrected chi connectivity index (χ4v) is 1.70. The van der Waals surface area contributed by atoms with Crippen LogP contribution in [0.25, 0.3) is 0 Å². The van der Waals surface area contributed by atoms with Gasteiger partial charge in [0.05, 0.1) is 19.8 Å². The lowest BCUT2D eigenvalue weighted by Crippen LogP contribution is -2.49. The molecule has 1 spiro atoms. The van der Waals surface area contributed by atoms with E-state index in [1.807, 2.05) is 0 Å². The molecule has 0 aromatic rings. The third-order valence-electron chi connectivity index (χ3n) is 2.71.